The Labute approximate surface area is 114 Å². The Morgan fingerprint density at radius 1 is 1.53 bits per heavy atom. The van der Waals surface area contributed by atoms with Crippen molar-refractivity contribution in [3.8, 4) is 5.75 Å². The molecule has 1 N–H and O–H groups in total. The highest BCUT2D eigenvalue weighted by Gasteiger charge is 2.06. The van der Waals surface area contributed by atoms with E-state index in [2.05, 4.69) is 18.8 Å². The van der Waals surface area contributed by atoms with Crippen molar-refractivity contribution in [1.82, 2.24) is 4.57 Å². The summed E-state index contributed by atoms with van der Waals surface area (Å²) in [7, 11) is 0. The van der Waals surface area contributed by atoms with Gasteiger partial charge in [-0.3, -0.25) is 9.36 Å². The number of aromatic nitrogens is 1. The average molecular weight is 262 g/mol. The van der Waals surface area contributed by atoms with Gasteiger partial charge in [0.15, 0.2) is 11.2 Å². The number of aromatic hydroxyl groups is 1. The van der Waals surface area contributed by atoms with Crippen LogP contribution < -0.4 is 5.49 Å². The number of carbonyl (C=O) groups is 1. The molecule has 0 atom stereocenters. The van der Waals surface area contributed by atoms with E-state index in [-0.39, 0.29) is 5.75 Å². The van der Waals surface area contributed by atoms with Gasteiger partial charge in [0.2, 0.25) is 6.41 Å². The van der Waals surface area contributed by atoms with Gasteiger partial charge in [0.25, 0.3) is 0 Å². The van der Waals surface area contributed by atoms with Crippen molar-refractivity contribution in [2.45, 2.75) is 40.5 Å². The second-order valence-electron chi connectivity index (χ2n) is 4.93. The normalized spacial score (nSPS) is 13.1. The average Bonchev–Trinajstić information content (AvgIpc) is 2.39. The van der Waals surface area contributed by atoms with E-state index in [4.69, 9.17) is 0 Å². The molecule has 0 fully saturated rings. The fraction of sp³-hybridized carbons (Fsp3) is 0.467. The molecule has 0 aliphatic heterocycles. The molecule has 0 spiro atoms. The molecule has 0 aromatic carbocycles. The smallest absolute Gasteiger partial charge is 0.219 e. The Morgan fingerprint density at radius 3 is 2.74 bits per heavy atom. The summed E-state index contributed by atoms with van der Waals surface area (Å²) in [5, 5.41) is 10.2. The van der Waals surface area contributed by atoms with Gasteiger partial charge in [-0.1, -0.05) is 32.8 Å². The first-order valence-electron chi connectivity index (χ1n) is 6.60. The van der Waals surface area contributed by atoms with Crippen LogP contribution in [0.15, 0.2) is 29.0 Å². The van der Waals surface area contributed by atoms with Crippen LogP contribution in [0.1, 0.15) is 39.7 Å². The number of rotatable bonds is 5. The van der Waals surface area contributed by atoms with Crippen LogP contribution in [0, 0.1) is 5.92 Å². The van der Waals surface area contributed by atoms with Crippen LogP contribution in [-0.4, -0.2) is 16.1 Å². The molecule has 0 saturated heterocycles. The SMILES string of the molecule is CCCc1ccn(C=O)/c(=N\C=C(/C)C(C)C)c1O. The Bertz CT molecular complexity index is 540. The quantitative estimate of drug-likeness (QED) is 0.829. The topological polar surface area (TPSA) is 54.6 Å². The van der Waals surface area contributed by atoms with Gasteiger partial charge in [-0.15, -0.1) is 0 Å². The summed E-state index contributed by atoms with van der Waals surface area (Å²) in [6, 6.07) is 1.76. The molecule has 0 saturated carbocycles. The maximum absolute atomic E-state index is 11.0. The first-order valence-corrected chi connectivity index (χ1v) is 6.60. The van der Waals surface area contributed by atoms with E-state index in [0.717, 1.165) is 24.0 Å². The second-order valence-corrected chi connectivity index (χ2v) is 4.93. The predicted octanol–water partition coefficient (Wildman–Crippen LogP) is 2.65. The molecule has 0 radical (unpaired) electrons. The minimum absolute atomic E-state index is 0.0873. The van der Waals surface area contributed by atoms with Crippen molar-refractivity contribution in [2.24, 2.45) is 10.9 Å². The van der Waals surface area contributed by atoms with Crippen molar-refractivity contribution in [1.29, 1.82) is 0 Å². The van der Waals surface area contributed by atoms with Crippen LogP contribution in [0.25, 0.3) is 0 Å². The highest BCUT2D eigenvalue weighted by Crippen LogP contribution is 2.13. The first kappa shape index (κ1) is 15.2. The molecule has 1 heterocycles. The molecule has 0 amide bonds. The summed E-state index contributed by atoms with van der Waals surface area (Å²) in [5.41, 5.74) is 2.20. The standard InChI is InChI=1S/C15H22N2O2/c1-5-6-13-7-8-17(10-18)15(14(13)19)16-9-12(4)11(2)3/h7-11,19H,5-6H2,1-4H3/b12-9+,16-15-. The van der Waals surface area contributed by atoms with Gasteiger partial charge in [-0.2, -0.15) is 0 Å². The summed E-state index contributed by atoms with van der Waals surface area (Å²) in [6.45, 7) is 8.16. The van der Waals surface area contributed by atoms with Gasteiger partial charge in [0.05, 0.1) is 0 Å². The largest absolute Gasteiger partial charge is 0.504 e. The van der Waals surface area contributed by atoms with Crippen LogP contribution in [0.4, 0.5) is 0 Å². The molecule has 1 aromatic heterocycles. The lowest BCUT2D eigenvalue weighted by molar-refractivity contribution is 0.451. The van der Waals surface area contributed by atoms with E-state index in [1.165, 1.54) is 4.57 Å². The van der Waals surface area contributed by atoms with E-state index in [9.17, 15) is 9.90 Å². The Morgan fingerprint density at radius 2 is 2.21 bits per heavy atom. The lowest BCUT2D eigenvalue weighted by Crippen LogP contribution is -2.21. The molecule has 0 bridgehead atoms. The van der Waals surface area contributed by atoms with Crippen LogP contribution in [0.3, 0.4) is 0 Å². The lowest BCUT2D eigenvalue weighted by atomic mass is 10.1. The van der Waals surface area contributed by atoms with Crippen molar-refractivity contribution in [3.05, 3.63) is 35.1 Å². The molecule has 19 heavy (non-hydrogen) atoms. The van der Waals surface area contributed by atoms with E-state index >= 15 is 0 Å². The van der Waals surface area contributed by atoms with Crippen LogP contribution >= 0.6 is 0 Å². The zero-order valence-electron chi connectivity index (χ0n) is 12.1. The summed E-state index contributed by atoms with van der Waals surface area (Å²) < 4.78 is 1.29. The van der Waals surface area contributed by atoms with E-state index in [1.54, 1.807) is 18.5 Å². The highest BCUT2D eigenvalue weighted by molar-refractivity contribution is 5.53. The molecule has 0 aliphatic carbocycles. The fourth-order valence-electron chi connectivity index (χ4n) is 1.58. The molecule has 104 valence electrons. The van der Waals surface area contributed by atoms with Gasteiger partial charge in [-0.25, -0.2) is 4.99 Å². The second kappa shape index (κ2) is 6.92. The van der Waals surface area contributed by atoms with Gasteiger partial charge >= 0.3 is 0 Å². The fourth-order valence-corrected chi connectivity index (χ4v) is 1.58. The lowest BCUT2D eigenvalue weighted by Gasteiger charge is -2.07. The maximum Gasteiger partial charge on any atom is 0.219 e. The van der Waals surface area contributed by atoms with Crippen LogP contribution in [0.5, 0.6) is 5.75 Å². The third-order valence-electron chi connectivity index (χ3n) is 3.13. The summed E-state index contributed by atoms with van der Waals surface area (Å²) >= 11 is 0. The van der Waals surface area contributed by atoms with E-state index < -0.39 is 0 Å². The molecule has 4 nitrogen and oxygen atoms in total. The number of hydrogen-bond donors (Lipinski definition) is 1. The third kappa shape index (κ3) is 3.81. The van der Waals surface area contributed by atoms with Gasteiger partial charge in [0.1, 0.15) is 0 Å². The molecular weight excluding hydrogens is 240 g/mol. The Hall–Kier alpha value is -1.84. The summed E-state index contributed by atoms with van der Waals surface area (Å²) in [4.78, 5) is 15.3. The first-order chi connectivity index (χ1) is 9.01. The van der Waals surface area contributed by atoms with Crippen molar-refractivity contribution < 1.29 is 9.90 Å². The van der Waals surface area contributed by atoms with E-state index in [1.807, 2.05) is 13.8 Å². The van der Waals surface area contributed by atoms with Crippen LogP contribution in [-0.2, 0) is 11.2 Å². The minimum atomic E-state index is 0.0873. The molecule has 4 heteroatoms. The molecule has 1 rings (SSSR count). The Balaban J connectivity index is 3.38. The number of hydrogen-bond acceptors (Lipinski definition) is 3. The summed E-state index contributed by atoms with van der Waals surface area (Å²) in [6.07, 6.45) is 5.68. The predicted molar refractivity (Wildman–Crippen MR) is 76.4 cm³/mol. The van der Waals surface area contributed by atoms with Crippen molar-refractivity contribution >= 4 is 6.41 Å². The Kier molecular flexibility index (Phi) is 5.55. The zero-order valence-corrected chi connectivity index (χ0v) is 12.1. The third-order valence-corrected chi connectivity index (χ3v) is 3.13. The minimum Gasteiger partial charge on any atom is -0.504 e. The van der Waals surface area contributed by atoms with Gasteiger partial charge < -0.3 is 5.11 Å². The number of aryl methyl sites for hydroxylation is 1. The van der Waals surface area contributed by atoms with Crippen LogP contribution in [0.2, 0.25) is 0 Å². The summed E-state index contributed by atoms with van der Waals surface area (Å²) in [5.74, 6) is 0.471. The van der Waals surface area contributed by atoms with Gasteiger partial charge in [0, 0.05) is 12.4 Å². The van der Waals surface area contributed by atoms with E-state index in [0.29, 0.717) is 17.8 Å². The number of pyridine rings is 1. The molecule has 1 aromatic rings. The highest BCUT2D eigenvalue weighted by atomic mass is 16.3. The molecular formula is C15H22N2O2. The van der Waals surface area contributed by atoms with Crippen molar-refractivity contribution in [3.63, 3.8) is 0 Å². The number of allylic oxidation sites excluding steroid dienone is 1. The number of nitrogens with zero attached hydrogens (tertiary/aromatic N) is 2. The zero-order chi connectivity index (χ0) is 14.4. The van der Waals surface area contributed by atoms with Gasteiger partial charge in [-0.05, 0) is 30.9 Å². The molecule has 0 aliphatic rings. The molecule has 0 unspecified atom stereocenters. The monoisotopic (exact) mass is 262 g/mol. The maximum atomic E-state index is 11.0. The number of carbonyl (C=O) groups excluding carboxylic acids is 1. The van der Waals surface area contributed by atoms with Crippen molar-refractivity contribution in [2.75, 3.05) is 0 Å².